The van der Waals surface area contributed by atoms with E-state index in [0.717, 1.165) is 37.2 Å². The van der Waals surface area contributed by atoms with E-state index in [2.05, 4.69) is 17.3 Å². The molecule has 16 heavy (non-hydrogen) atoms. The molecule has 1 aliphatic heterocycles. The highest BCUT2D eigenvalue weighted by Gasteiger charge is 2.20. The van der Waals surface area contributed by atoms with Crippen LogP contribution in [-0.2, 0) is 0 Å². The van der Waals surface area contributed by atoms with Crippen molar-refractivity contribution in [2.75, 3.05) is 32.5 Å². The van der Waals surface area contributed by atoms with Crippen LogP contribution in [0, 0.1) is 5.82 Å². The van der Waals surface area contributed by atoms with Crippen LogP contribution in [0.2, 0.25) is 0 Å². The van der Waals surface area contributed by atoms with Crippen molar-refractivity contribution >= 4 is 5.69 Å². The molecule has 1 heterocycles. The minimum Gasteiger partial charge on any atom is -0.388 e. The fourth-order valence-corrected chi connectivity index (χ4v) is 2.33. The fourth-order valence-electron chi connectivity index (χ4n) is 2.33. The van der Waals surface area contributed by atoms with Gasteiger partial charge in [-0.25, -0.2) is 4.39 Å². The average molecular weight is 222 g/mol. The molecule has 1 N–H and O–H groups in total. The number of hydrogen-bond donors (Lipinski definition) is 1. The van der Waals surface area contributed by atoms with Gasteiger partial charge in [0.25, 0.3) is 0 Å². The van der Waals surface area contributed by atoms with Crippen LogP contribution in [0.3, 0.4) is 0 Å². The van der Waals surface area contributed by atoms with Gasteiger partial charge in [0.05, 0.1) is 0 Å². The first-order valence-corrected chi connectivity index (χ1v) is 5.86. The molecule has 2 nitrogen and oxygen atoms in total. The lowest BCUT2D eigenvalue weighted by molar-refractivity contribution is 0.253. The molecule has 1 aromatic carbocycles. The Balaban J connectivity index is 2.14. The predicted molar refractivity (Wildman–Crippen MR) is 65.4 cm³/mol. The molecule has 0 unspecified atom stereocenters. The molecule has 1 aliphatic rings. The molecule has 2 rings (SSSR count). The van der Waals surface area contributed by atoms with Crippen molar-refractivity contribution in [2.45, 2.75) is 18.8 Å². The van der Waals surface area contributed by atoms with Gasteiger partial charge in [-0.05, 0) is 56.6 Å². The van der Waals surface area contributed by atoms with E-state index in [0.29, 0.717) is 5.92 Å². The molecule has 0 amide bonds. The third-order valence-corrected chi connectivity index (χ3v) is 3.45. The summed E-state index contributed by atoms with van der Waals surface area (Å²) in [5.41, 5.74) is 1.72. The second-order valence-electron chi connectivity index (χ2n) is 4.56. The highest BCUT2D eigenvalue weighted by molar-refractivity contribution is 5.45. The Morgan fingerprint density at radius 2 is 2.00 bits per heavy atom. The van der Waals surface area contributed by atoms with Crippen LogP contribution in [0.4, 0.5) is 10.1 Å². The van der Waals surface area contributed by atoms with Crippen molar-refractivity contribution in [1.82, 2.24) is 4.90 Å². The summed E-state index contributed by atoms with van der Waals surface area (Å²) >= 11 is 0. The van der Waals surface area contributed by atoms with Crippen LogP contribution in [0.5, 0.6) is 0 Å². The summed E-state index contributed by atoms with van der Waals surface area (Å²) < 4.78 is 13.9. The molecule has 0 aromatic heterocycles. The molecule has 1 fully saturated rings. The molecule has 0 bridgehead atoms. The van der Waals surface area contributed by atoms with Crippen LogP contribution < -0.4 is 5.32 Å². The van der Waals surface area contributed by atoms with E-state index in [1.807, 2.05) is 19.2 Å². The fraction of sp³-hybridized carbons (Fsp3) is 0.538. The van der Waals surface area contributed by atoms with Gasteiger partial charge in [-0.2, -0.15) is 0 Å². The Morgan fingerprint density at radius 3 is 2.56 bits per heavy atom. The Morgan fingerprint density at radius 1 is 1.31 bits per heavy atom. The number of hydrogen-bond acceptors (Lipinski definition) is 2. The maximum absolute atomic E-state index is 13.9. The van der Waals surface area contributed by atoms with E-state index < -0.39 is 0 Å². The highest BCUT2D eigenvalue weighted by atomic mass is 19.1. The Hall–Kier alpha value is -1.09. The standard InChI is InChI=1S/C13H19FN2/c1-15-11-3-4-12(13(14)9-11)10-5-7-16(2)8-6-10/h3-4,9-10,15H,5-8H2,1-2H3. The molecule has 3 heteroatoms. The number of likely N-dealkylation sites (tertiary alicyclic amines) is 1. The van der Waals surface area contributed by atoms with Gasteiger partial charge in [-0.1, -0.05) is 6.07 Å². The second-order valence-corrected chi connectivity index (χ2v) is 4.56. The lowest BCUT2D eigenvalue weighted by atomic mass is 9.89. The van der Waals surface area contributed by atoms with Crippen molar-refractivity contribution in [3.63, 3.8) is 0 Å². The Bertz CT molecular complexity index is 357. The summed E-state index contributed by atoms with van der Waals surface area (Å²) in [7, 11) is 3.93. The minimum absolute atomic E-state index is 0.0681. The van der Waals surface area contributed by atoms with Gasteiger partial charge in [0.2, 0.25) is 0 Å². The zero-order valence-corrected chi connectivity index (χ0v) is 9.96. The number of benzene rings is 1. The summed E-state index contributed by atoms with van der Waals surface area (Å²) in [5, 5.41) is 2.96. The quantitative estimate of drug-likeness (QED) is 0.827. The summed E-state index contributed by atoms with van der Waals surface area (Å²) in [6.45, 7) is 2.13. The summed E-state index contributed by atoms with van der Waals surface area (Å²) in [4.78, 5) is 2.30. The van der Waals surface area contributed by atoms with Crippen molar-refractivity contribution in [3.05, 3.63) is 29.6 Å². The molecular formula is C13H19FN2. The molecule has 0 spiro atoms. The van der Waals surface area contributed by atoms with Crippen molar-refractivity contribution < 1.29 is 4.39 Å². The minimum atomic E-state index is -0.0681. The maximum Gasteiger partial charge on any atom is 0.128 e. The van der Waals surface area contributed by atoms with Crippen LogP contribution in [0.25, 0.3) is 0 Å². The third-order valence-electron chi connectivity index (χ3n) is 3.45. The van der Waals surface area contributed by atoms with Crippen molar-refractivity contribution in [1.29, 1.82) is 0 Å². The van der Waals surface area contributed by atoms with Gasteiger partial charge in [-0.15, -0.1) is 0 Å². The van der Waals surface area contributed by atoms with Crippen LogP contribution in [-0.4, -0.2) is 32.1 Å². The summed E-state index contributed by atoms with van der Waals surface area (Å²) in [5.74, 6) is 0.323. The largest absolute Gasteiger partial charge is 0.388 e. The predicted octanol–water partition coefficient (Wildman–Crippen LogP) is 2.68. The van der Waals surface area contributed by atoms with Gasteiger partial charge in [-0.3, -0.25) is 0 Å². The van der Waals surface area contributed by atoms with Crippen molar-refractivity contribution in [3.8, 4) is 0 Å². The lowest BCUT2D eigenvalue weighted by Crippen LogP contribution is -2.29. The first kappa shape index (κ1) is 11.4. The van der Waals surface area contributed by atoms with E-state index in [1.165, 1.54) is 0 Å². The number of piperidine rings is 1. The Kier molecular flexibility index (Phi) is 3.44. The van der Waals surface area contributed by atoms with Crippen LogP contribution >= 0.6 is 0 Å². The zero-order valence-electron chi connectivity index (χ0n) is 9.96. The Labute approximate surface area is 96.5 Å². The third kappa shape index (κ3) is 2.35. The molecule has 0 aliphatic carbocycles. The molecule has 88 valence electrons. The SMILES string of the molecule is CNc1ccc(C2CCN(C)CC2)c(F)c1. The molecule has 0 atom stereocenters. The average Bonchev–Trinajstić information content (AvgIpc) is 2.30. The smallest absolute Gasteiger partial charge is 0.128 e. The van der Waals surface area contributed by atoms with Gasteiger partial charge in [0, 0.05) is 12.7 Å². The zero-order chi connectivity index (χ0) is 11.5. The highest BCUT2D eigenvalue weighted by Crippen LogP contribution is 2.30. The van der Waals surface area contributed by atoms with Gasteiger partial charge < -0.3 is 10.2 Å². The number of nitrogens with zero attached hydrogens (tertiary/aromatic N) is 1. The van der Waals surface area contributed by atoms with E-state index >= 15 is 0 Å². The van der Waals surface area contributed by atoms with E-state index in [-0.39, 0.29) is 5.82 Å². The lowest BCUT2D eigenvalue weighted by Gasteiger charge is -2.29. The molecule has 0 saturated carbocycles. The van der Waals surface area contributed by atoms with E-state index in [9.17, 15) is 4.39 Å². The van der Waals surface area contributed by atoms with Gasteiger partial charge in [0.15, 0.2) is 0 Å². The topological polar surface area (TPSA) is 15.3 Å². The molecule has 1 aromatic rings. The number of nitrogens with one attached hydrogen (secondary N) is 1. The van der Waals surface area contributed by atoms with Gasteiger partial charge in [0.1, 0.15) is 5.82 Å². The second kappa shape index (κ2) is 4.83. The van der Waals surface area contributed by atoms with Gasteiger partial charge >= 0.3 is 0 Å². The van der Waals surface area contributed by atoms with E-state index in [1.54, 1.807) is 6.07 Å². The van der Waals surface area contributed by atoms with Crippen LogP contribution in [0.15, 0.2) is 18.2 Å². The molecule has 1 saturated heterocycles. The first-order chi connectivity index (χ1) is 7.70. The normalized spacial score (nSPS) is 18.7. The maximum atomic E-state index is 13.9. The number of halogens is 1. The monoisotopic (exact) mass is 222 g/mol. The number of rotatable bonds is 2. The summed E-state index contributed by atoms with van der Waals surface area (Å²) in [6, 6.07) is 5.47. The molecule has 0 radical (unpaired) electrons. The van der Waals surface area contributed by atoms with Crippen molar-refractivity contribution in [2.24, 2.45) is 0 Å². The number of anilines is 1. The van der Waals surface area contributed by atoms with E-state index in [4.69, 9.17) is 0 Å². The molecular weight excluding hydrogens is 203 g/mol. The van der Waals surface area contributed by atoms with Crippen LogP contribution in [0.1, 0.15) is 24.3 Å². The summed E-state index contributed by atoms with van der Waals surface area (Å²) in [6.07, 6.45) is 2.12. The first-order valence-electron chi connectivity index (χ1n) is 5.86.